The van der Waals surface area contributed by atoms with E-state index in [-0.39, 0.29) is 11.9 Å². The fraction of sp³-hybridized carbons (Fsp3) is 0.406. The van der Waals surface area contributed by atoms with Crippen LogP contribution in [0.5, 0.6) is 5.75 Å². The van der Waals surface area contributed by atoms with Gasteiger partial charge >= 0.3 is 5.97 Å². The first-order valence-corrected chi connectivity index (χ1v) is 13.8. The number of aliphatic hydroxyl groups excluding tert-OH is 1. The standard InChI is InChI=1S/C32H39N3O4/c1-5-27(19-26-14-13-22(2)28(20-26)24(4)36)32(37)39-30-16-15-29-31(23(30)3)33-34-35(29)17-9-10-18-38-21-25-11-7-6-8-12-25/h6-8,11-16,20,24,27,36H,5,9-10,17-19,21H2,1-4H3/t24-,27?/m0/s1. The van der Waals surface area contributed by atoms with E-state index in [1.807, 2.05) is 74.0 Å². The lowest BCUT2D eigenvalue weighted by molar-refractivity contribution is -0.139. The van der Waals surface area contributed by atoms with Crippen LogP contribution < -0.4 is 4.74 Å². The molecule has 206 valence electrons. The fourth-order valence-electron chi connectivity index (χ4n) is 4.79. The Hall–Kier alpha value is -3.55. The molecule has 7 nitrogen and oxygen atoms in total. The number of aliphatic hydroxyl groups is 1. The van der Waals surface area contributed by atoms with E-state index in [1.54, 1.807) is 6.92 Å². The highest BCUT2D eigenvalue weighted by Crippen LogP contribution is 2.28. The first kappa shape index (κ1) is 28.5. The molecule has 0 spiro atoms. The quantitative estimate of drug-likeness (QED) is 0.125. The number of hydrogen-bond acceptors (Lipinski definition) is 6. The van der Waals surface area contributed by atoms with E-state index in [2.05, 4.69) is 22.4 Å². The van der Waals surface area contributed by atoms with Crippen molar-refractivity contribution in [2.75, 3.05) is 6.61 Å². The van der Waals surface area contributed by atoms with Crippen molar-refractivity contribution in [2.24, 2.45) is 5.92 Å². The zero-order chi connectivity index (χ0) is 27.8. The molecule has 4 rings (SSSR count). The maximum absolute atomic E-state index is 13.1. The molecule has 2 atom stereocenters. The molecule has 0 saturated heterocycles. The van der Waals surface area contributed by atoms with Crippen LogP contribution in [0.25, 0.3) is 11.0 Å². The summed E-state index contributed by atoms with van der Waals surface area (Å²) in [4.78, 5) is 13.1. The number of carbonyl (C=O) groups is 1. The number of rotatable bonds is 13. The molecule has 7 heteroatoms. The van der Waals surface area contributed by atoms with Gasteiger partial charge < -0.3 is 14.6 Å². The van der Waals surface area contributed by atoms with E-state index in [0.29, 0.717) is 31.8 Å². The third-order valence-electron chi connectivity index (χ3n) is 7.22. The van der Waals surface area contributed by atoms with Gasteiger partial charge in [0.05, 0.1) is 24.1 Å². The largest absolute Gasteiger partial charge is 0.426 e. The van der Waals surface area contributed by atoms with Crippen LogP contribution in [0.1, 0.15) is 67.0 Å². The topological polar surface area (TPSA) is 86.5 Å². The molecule has 0 aliphatic rings. The van der Waals surface area contributed by atoms with Crippen molar-refractivity contribution in [2.45, 2.75) is 72.6 Å². The van der Waals surface area contributed by atoms with Gasteiger partial charge in [-0.2, -0.15) is 0 Å². The molecule has 0 aliphatic carbocycles. The van der Waals surface area contributed by atoms with Crippen LogP contribution in [0.2, 0.25) is 0 Å². The van der Waals surface area contributed by atoms with Crippen molar-refractivity contribution < 1.29 is 19.4 Å². The Morgan fingerprint density at radius 1 is 1.03 bits per heavy atom. The molecule has 3 aromatic carbocycles. The molecular weight excluding hydrogens is 490 g/mol. The summed E-state index contributed by atoms with van der Waals surface area (Å²) in [6.07, 6.45) is 2.52. The maximum atomic E-state index is 13.1. The molecular formula is C32H39N3O4. The van der Waals surface area contributed by atoms with E-state index in [9.17, 15) is 9.90 Å². The lowest BCUT2D eigenvalue weighted by Crippen LogP contribution is -2.22. The Morgan fingerprint density at radius 3 is 2.56 bits per heavy atom. The molecule has 0 saturated carbocycles. The molecule has 1 heterocycles. The Balaban J connectivity index is 1.33. The van der Waals surface area contributed by atoms with Crippen LogP contribution in [0, 0.1) is 19.8 Å². The lowest BCUT2D eigenvalue weighted by Gasteiger charge is -2.17. The number of unbranched alkanes of at least 4 members (excludes halogenated alkanes) is 1. The minimum atomic E-state index is -0.548. The van der Waals surface area contributed by atoms with Crippen LogP contribution in [0.3, 0.4) is 0 Å². The lowest BCUT2D eigenvalue weighted by atomic mass is 9.93. The normalized spacial score (nSPS) is 12.9. The number of ether oxygens (including phenoxy) is 2. The van der Waals surface area contributed by atoms with Gasteiger partial charge in [-0.1, -0.05) is 60.7 Å². The third kappa shape index (κ3) is 7.31. The van der Waals surface area contributed by atoms with Gasteiger partial charge in [-0.3, -0.25) is 4.79 Å². The van der Waals surface area contributed by atoms with Gasteiger partial charge in [0.1, 0.15) is 11.3 Å². The minimum absolute atomic E-state index is 0.262. The van der Waals surface area contributed by atoms with Gasteiger partial charge in [-0.05, 0) is 80.8 Å². The summed E-state index contributed by atoms with van der Waals surface area (Å²) in [5, 5.41) is 18.8. The monoisotopic (exact) mass is 529 g/mol. The van der Waals surface area contributed by atoms with Crippen LogP contribution >= 0.6 is 0 Å². The van der Waals surface area contributed by atoms with Crippen molar-refractivity contribution in [3.05, 3.63) is 88.5 Å². The molecule has 4 aromatic rings. The van der Waals surface area contributed by atoms with Crippen LogP contribution in [0.4, 0.5) is 0 Å². The summed E-state index contributed by atoms with van der Waals surface area (Å²) in [5.74, 6) is -0.0349. The van der Waals surface area contributed by atoms with E-state index < -0.39 is 6.10 Å². The van der Waals surface area contributed by atoms with Crippen LogP contribution in [-0.4, -0.2) is 32.7 Å². The molecule has 0 aliphatic heterocycles. The van der Waals surface area contributed by atoms with Gasteiger partial charge in [-0.25, -0.2) is 4.68 Å². The smallest absolute Gasteiger partial charge is 0.314 e. The van der Waals surface area contributed by atoms with Gasteiger partial charge in [0.25, 0.3) is 0 Å². The SMILES string of the molecule is CCC(Cc1ccc(C)c([C@H](C)O)c1)C(=O)Oc1ccc2c(nnn2CCCCOCc2ccccc2)c1C. The zero-order valence-electron chi connectivity index (χ0n) is 23.4. The average Bonchev–Trinajstić information content (AvgIpc) is 3.35. The highest BCUT2D eigenvalue weighted by Gasteiger charge is 2.22. The van der Waals surface area contributed by atoms with Gasteiger partial charge in [0.2, 0.25) is 0 Å². The average molecular weight is 530 g/mol. The summed E-state index contributed by atoms with van der Waals surface area (Å²) < 4.78 is 13.5. The first-order valence-electron chi connectivity index (χ1n) is 13.8. The molecule has 0 bridgehead atoms. The molecule has 39 heavy (non-hydrogen) atoms. The Kier molecular flexibility index (Phi) is 9.85. The molecule has 0 fully saturated rings. The number of fused-ring (bicyclic) bond motifs is 1. The number of hydrogen-bond donors (Lipinski definition) is 1. The summed E-state index contributed by atoms with van der Waals surface area (Å²) >= 11 is 0. The zero-order valence-corrected chi connectivity index (χ0v) is 23.4. The molecule has 0 radical (unpaired) electrons. The number of benzene rings is 3. The predicted octanol–water partition coefficient (Wildman–Crippen LogP) is 6.27. The van der Waals surface area contributed by atoms with E-state index in [1.165, 1.54) is 5.56 Å². The van der Waals surface area contributed by atoms with Gasteiger partial charge in [-0.15, -0.1) is 5.10 Å². The van der Waals surface area contributed by atoms with Crippen LogP contribution in [-0.2, 0) is 29.1 Å². The summed E-state index contributed by atoms with van der Waals surface area (Å²) in [6.45, 7) is 9.71. The van der Waals surface area contributed by atoms with Crippen molar-refractivity contribution in [1.29, 1.82) is 0 Å². The molecule has 1 unspecified atom stereocenters. The number of esters is 1. The predicted molar refractivity (Wildman–Crippen MR) is 153 cm³/mol. The van der Waals surface area contributed by atoms with Crippen molar-refractivity contribution >= 4 is 17.0 Å². The van der Waals surface area contributed by atoms with Gasteiger partial charge in [0, 0.05) is 18.7 Å². The molecule has 1 aromatic heterocycles. The van der Waals surface area contributed by atoms with E-state index in [4.69, 9.17) is 9.47 Å². The highest BCUT2D eigenvalue weighted by molar-refractivity contribution is 5.83. The summed E-state index contributed by atoms with van der Waals surface area (Å²) in [7, 11) is 0. The summed E-state index contributed by atoms with van der Waals surface area (Å²) in [6, 6.07) is 19.9. The molecule has 1 N–H and O–H groups in total. The number of nitrogens with zero attached hydrogens (tertiary/aromatic N) is 3. The Bertz CT molecular complexity index is 1380. The fourth-order valence-corrected chi connectivity index (χ4v) is 4.79. The van der Waals surface area contributed by atoms with Gasteiger partial charge in [0.15, 0.2) is 0 Å². The summed E-state index contributed by atoms with van der Waals surface area (Å²) in [5.41, 5.74) is 6.60. The van der Waals surface area contributed by atoms with Crippen molar-refractivity contribution in [1.82, 2.24) is 15.0 Å². The highest BCUT2D eigenvalue weighted by atomic mass is 16.5. The second kappa shape index (κ2) is 13.5. The Morgan fingerprint density at radius 2 is 1.82 bits per heavy atom. The second-order valence-corrected chi connectivity index (χ2v) is 10.2. The Labute approximate surface area is 230 Å². The van der Waals surface area contributed by atoms with Crippen LogP contribution in [0.15, 0.2) is 60.7 Å². The number of aromatic nitrogens is 3. The van der Waals surface area contributed by atoms with E-state index in [0.717, 1.165) is 52.7 Å². The van der Waals surface area contributed by atoms with Crippen molar-refractivity contribution in [3.8, 4) is 5.75 Å². The minimum Gasteiger partial charge on any atom is -0.426 e. The van der Waals surface area contributed by atoms with Crippen molar-refractivity contribution in [3.63, 3.8) is 0 Å². The van der Waals surface area contributed by atoms with E-state index >= 15 is 0 Å². The molecule has 0 amide bonds. The first-order chi connectivity index (χ1) is 18.9. The second-order valence-electron chi connectivity index (χ2n) is 10.2. The number of aryl methyl sites for hydroxylation is 3. The maximum Gasteiger partial charge on any atom is 0.314 e. The third-order valence-corrected chi connectivity index (χ3v) is 7.22. The number of carbonyl (C=O) groups excluding carboxylic acids is 1.